The first-order valence-electron chi connectivity index (χ1n) is 13.1. The standard InChI is InChI=1S/C31H27Cl2N3O3/c32-24-12-5-11-22(26(24)33)19-7-4-8-20(17-19)27(37)29(39)36-16-6-13-25-23(18-36)28(38)35-30(34-25)31(14-15-31)21-9-2-1-3-10-21/h1-5,7-12,17,27,37H,6,13-16,18H2,(H,34,35,38)/t27-/m1/s1. The second-order valence-corrected chi connectivity index (χ2v) is 11.1. The number of nitrogens with zero attached hydrogens (tertiary/aromatic N) is 2. The van der Waals surface area contributed by atoms with Crippen molar-refractivity contribution in [3.63, 3.8) is 0 Å². The number of carbonyl (C=O) groups is 1. The van der Waals surface area contributed by atoms with Crippen LogP contribution in [0.4, 0.5) is 0 Å². The molecule has 0 saturated heterocycles. The Balaban J connectivity index is 1.26. The number of hydrogen-bond acceptors (Lipinski definition) is 4. The second kappa shape index (κ2) is 10.3. The Kier molecular flexibility index (Phi) is 6.79. The molecule has 2 aliphatic rings. The van der Waals surface area contributed by atoms with Crippen LogP contribution in [0.5, 0.6) is 0 Å². The van der Waals surface area contributed by atoms with Crippen molar-refractivity contribution in [2.45, 2.75) is 43.7 Å². The number of halogens is 2. The third-order valence-electron chi connectivity index (χ3n) is 7.83. The second-order valence-electron chi connectivity index (χ2n) is 10.3. The minimum absolute atomic E-state index is 0.103. The Bertz CT molecular complexity index is 1620. The molecule has 8 heteroatoms. The summed E-state index contributed by atoms with van der Waals surface area (Å²) < 4.78 is 0. The summed E-state index contributed by atoms with van der Waals surface area (Å²) in [5.41, 5.74) is 3.81. The molecule has 1 aliphatic carbocycles. The number of nitrogens with one attached hydrogen (secondary N) is 1. The van der Waals surface area contributed by atoms with Gasteiger partial charge in [0.05, 0.1) is 33.3 Å². The van der Waals surface area contributed by atoms with Crippen LogP contribution >= 0.6 is 23.2 Å². The number of aliphatic hydroxyl groups excluding tert-OH is 1. The average molecular weight is 560 g/mol. The molecule has 1 aromatic heterocycles. The van der Waals surface area contributed by atoms with Crippen molar-refractivity contribution in [1.82, 2.24) is 14.9 Å². The van der Waals surface area contributed by atoms with Gasteiger partial charge in [0, 0.05) is 12.1 Å². The van der Waals surface area contributed by atoms with E-state index in [1.165, 1.54) is 0 Å². The summed E-state index contributed by atoms with van der Waals surface area (Å²) in [4.78, 5) is 36.3. The van der Waals surface area contributed by atoms with Gasteiger partial charge in [-0.1, -0.05) is 83.9 Å². The lowest BCUT2D eigenvalue weighted by atomic mass is 9.94. The molecule has 0 spiro atoms. The number of hydrogen-bond donors (Lipinski definition) is 2. The number of aromatic nitrogens is 2. The quantitative estimate of drug-likeness (QED) is 0.322. The summed E-state index contributed by atoms with van der Waals surface area (Å²) in [6, 6.07) is 22.6. The maximum atomic E-state index is 13.5. The monoisotopic (exact) mass is 559 g/mol. The lowest BCUT2D eigenvalue weighted by molar-refractivity contribution is -0.141. The molecule has 1 aliphatic heterocycles. The van der Waals surface area contributed by atoms with E-state index >= 15 is 0 Å². The van der Waals surface area contributed by atoms with Gasteiger partial charge in [-0.2, -0.15) is 0 Å². The van der Waals surface area contributed by atoms with Crippen LogP contribution in [-0.2, 0) is 23.2 Å². The number of aryl methyl sites for hydroxylation is 1. The van der Waals surface area contributed by atoms with Crippen LogP contribution < -0.4 is 5.56 Å². The first-order valence-corrected chi connectivity index (χ1v) is 13.8. The number of fused-ring (bicyclic) bond motifs is 1. The normalized spacial score (nSPS) is 16.7. The fourth-order valence-corrected chi connectivity index (χ4v) is 5.91. The van der Waals surface area contributed by atoms with E-state index in [0.717, 1.165) is 29.7 Å². The zero-order valence-corrected chi connectivity index (χ0v) is 22.7. The molecule has 0 unspecified atom stereocenters. The van der Waals surface area contributed by atoms with E-state index in [1.54, 1.807) is 35.2 Å². The Morgan fingerprint density at radius 2 is 1.79 bits per heavy atom. The van der Waals surface area contributed by atoms with Gasteiger partial charge in [0.15, 0.2) is 6.10 Å². The number of rotatable bonds is 5. The topological polar surface area (TPSA) is 86.3 Å². The molecule has 1 saturated carbocycles. The summed E-state index contributed by atoms with van der Waals surface area (Å²) >= 11 is 12.6. The van der Waals surface area contributed by atoms with E-state index in [1.807, 2.05) is 30.3 Å². The first kappa shape index (κ1) is 25.8. The van der Waals surface area contributed by atoms with Crippen LogP contribution in [0.2, 0.25) is 10.0 Å². The van der Waals surface area contributed by atoms with Gasteiger partial charge in [-0.3, -0.25) is 9.59 Å². The van der Waals surface area contributed by atoms with E-state index in [2.05, 4.69) is 17.1 Å². The summed E-state index contributed by atoms with van der Waals surface area (Å²) in [7, 11) is 0. The third-order valence-corrected chi connectivity index (χ3v) is 8.65. The number of benzene rings is 3. The number of aliphatic hydroxyl groups is 1. The van der Waals surface area contributed by atoms with Gasteiger partial charge < -0.3 is 15.0 Å². The van der Waals surface area contributed by atoms with Crippen LogP contribution in [0, 0.1) is 0 Å². The highest BCUT2D eigenvalue weighted by molar-refractivity contribution is 6.43. The Hall–Kier alpha value is -3.45. The smallest absolute Gasteiger partial charge is 0.256 e. The predicted octanol–water partition coefficient (Wildman–Crippen LogP) is 5.83. The zero-order valence-electron chi connectivity index (χ0n) is 21.2. The highest BCUT2D eigenvalue weighted by Gasteiger charge is 2.48. The SMILES string of the molecule is O=C([C@H](O)c1cccc(-c2cccc(Cl)c2Cl)c1)N1CCCc2nc(C3(c4ccccc4)CC3)[nH]c(=O)c2C1. The lowest BCUT2D eigenvalue weighted by Crippen LogP contribution is -2.36. The highest BCUT2D eigenvalue weighted by Crippen LogP contribution is 2.52. The molecule has 198 valence electrons. The minimum Gasteiger partial charge on any atom is -0.378 e. The van der Waals surface area contributed by atoms with E-state index in [0.29, 0.717) is 51.9 Å². The number of carbonyl (C=O) groups excluding carboxylic acids is 1. The van der Waals surface area contributed by atoms with Crippen molar-refractivity contribution in [3.8, 4) is 11.1 Å². The van der Waals surface area contributed by atoms with Crippen molar-refractivity contribution in [2.24, 2.45) is 0 Å². The molecular weight excluding hydrogens is 533 g/mol. The molecule has 3 aromatic carbocycles. The predicted molar refractivity (Wildman–Crippen MR) is 152 cm³/mol. The van der Waals surface area contributed by atoms with Gasteiger partial charge in [-0.15, -0.1) is 0 Å². The van der Waals surface area contributed by atoms with Crippen molar-refractivity contribution in [2.75, 3.05) is 6.54 Å². The zero-order chi connectivity index (χ0) is 27.1. The molecule has 0 radical (unpaired) electrons. The van der Waals surface area contributed by atoms with Gasteiger partial charge in [-0.05, 0) is 54.5 Å². The molecule has 2 heterocycles. The maximum absolute atomic E-state index is 13.5. The maximum Gasteiger partial charge on any atom is 0.256 e. The van der Waals surface area contributed by atoms with Gasteiger partial charge in [0.2, 0.25) is 0 Å². The summed E-state index contributed by atoms with van der Waals surface area (Å²) in [6.45, 7) is 0.524. The Morgan fingerprint density at radius 3 is 2.56 bits per heavy atom. The molecular formula is C31H27Cl2N3O3. The Labute approximate surface area is 236 Å². The van der Waals surface area contributed by atoms with Crippen LogP contribution in [0.15, 0.2) is 77.6 Å². The lowest BCUT2D eigenvalue weighted by Gasteiger charge is -2.24. The van der Waals surface area contributed by atoms with E-state index < -0.39 is 12.0 Å². The molecule has 1 atom stereocenters. The minimum atomic E-state index is -1.39. The van der Waals surface area contributed by atoms with E-state index in [-0.39, 0.29) is 17.5 Å². The number of amides is 1. The van der Waals surface area contributed by atoms with Gasteiger partial charge in [0.25, 0.3) is 11.5 Å². The fourth-order valence-electron chi connectivity index (χ4n) is 5.50. The molecule has 1 fully saturated rings. The van der Waals surface area contributed by atoms with Gasteiger partial charge >= 0.3 is 0 Å². The van der Waals surface area contributed by atoms with Crippen molar-refractivity contribution in [3.05, 3.63) is 121 Å². The highest BCUT2D eigenvalue weighted by atomic mass is 35.5. The van der Waals surface area contributed by atoms with Gasteiger partial charge in [-0.25, -0.2) is 4.98 Å². The molecule has 0 bridgehead atoms. The largest absolute Gasteiger partial charge is 0.378 e. The number of aromatic amines is 1. The summed E-state index contributed by atoms with van der Waals surface area (Å²) in [5.74, 6) is 0.248. The first-order chi connectivity index (χ1) is 18.9. The van der Waals surface area contributed by atoms with Crippen LogP contribution in [0.1, 0.15) is 53.6 Å². The molecule has 4 aromatic rings. The van der Waals surface area contributed by atoms with Crippen molar-refractivity contribution < 1.29 is 9.90 Å². The molecule has 6 nitrogen and oxygen atoms in total. The average Bonchev–Trinajstić information content (AvgIpc) is 3.79. The van der Waals surface area contributed by atoms with Crippen LogP contribution in [0.25, 0.3) is 11.1 Å². The Morgan fingerprint density at radius 1 is 1.03 bits per heavy atom. The number of H-pyrrole nitrogens is 1. The third kappa shape index (κ3) is 4.78. The molecule has 1 amide bonds. The van der Waals surface area contributed by atoms with Crippen molar-refractivity contribution >= 4 is 29.1 Å². The molecule has 2 N–H and O–H groups in total. The fraction of sp³-hybridized carbons (Fsp3) is 0.258. The summed E-state index contributed by atoms with van der Waals surface area (Å²) in [6.07, 6.45) is 1.74. The molecule has 6 rings (SSSR count). The molecule has 39 heavy (non-hydrogen) atoms. The van der Waals surface area contributed by atoms with Crippen LogP contribution in [-0.4, -0.2) is 32.4 Å². The van der Waals surface area contributed by atoms with E-state index in [9.17, 15) is 14.7 Å². The van der Waals surface area contributed by atoms with Crippen LogP contribution in [0.3, 0.4) is 0 Å². The summed E-state index contributed by atoms with van der Waals surface area (Å²) in [5, 5.41) is 11.9. The van der Waals surface area contributed by atoms with E-state index in [4.69, 9.17) is 28.2 Å². The van der Waals surface area contributed by atoms with Gasteiger partial charge in [0.1, 0.15) is 5.82 Å². The van der Waals surface area contributed by atoms with Crippen molar-refractivity contribution in [1.29, 1.82) is 0 Å².